The third-order valence-corrected chi connectivity index (χ3v) is 7.05. The number of amides is 2. The largest absolute Gasteiger partial charge is 0.352 e. The first-order valence-electron chi connectivity index (χ1n) is 13.1. The monoisotopic (exact) mass is 462 g/mol. The third kappa shape index (κ3) is 7.44. The van der Waals surface area contributed by atoms with Crippen LogP contribution in [0, 0.1) is 6.92 Å². The van der Waals surface area contributed by atoms with Gasteiger partial charge in [0.25, 0.3) is 0 Å². The summed E-state index contributed by atoms with van der Waals surface area (Å²) in [6.07, 6.45) is 7.37. The summed E-state index contributed by atoms with van der Waals surface area (Å²) in [4.78, 5) is 28.7. The first-order chi connectivity index (χ1) is 16.4. The molecule has 0 saturated heterocycles. The second-order valence-corrected chi connectivity index (χ2v) is 10.2. The standard InChI is InChI=1S/C30H42N2O2/c1-5-28(30(34)31-27-12-7-6-8-13-27)32(21-25-11-9-10-23(4)20-25)29(33)19-16-24-14-17-26(18-15-24)22(2)3/h9-11,14-15,17-18,20,22,27-28H,5-8,12-13,16,19,21H2,1-4H3,(H,31,34)/t28-/m1/s1. The number of hydrogen-bond donors (Lipinski definition) is 1. The third-order valence-electron chi connectivity index (χ3n) is 7.05. The highest BCUT2D eigenvalue weighted by atomic mass is 16.2. The lowest BCUT2D eigenvalue weighted by Crippen LogP contribution is -2.51. The first-order valence-corrected chi connectivity index (χ1v) is 13.1. The van der Waals surface area contributed by atoms with E-state index in [9.17, 15) is 9.59 Å². The van der Waals surface area contributed by atoms with Crippen LogP contribution in [0.5, 0.6) is 0 Å². The first kappa shape index (κ1) is 26.0. The van der Waals surface area contributed by atoms with E-state index in [1.165, 1.54) is 24.8 Å². The summed E-state index contributed by atoms with van der Waals surface area (Å²) in [6.45, 7) is 8.90. The highest BCUT2D eigenvalue weighted by Gasteiger charge is 2.30. The minimum Gasteiger partial charge on any atom is -0.352 e. The number of benzene rings is 2. The van der Waals surface area contributed by atoms with Crippen LogP contribution in [0.4, 0.5) is 0 Å². The van der Waals surface area contributed by atoms with Crippen molar-refractivity contribution in [2.75, 3.05) is 0 Å². The van der Waals surface area contributed by atoms with Gasteiger partial charge in [-0.2, -0.15) is 0 Å². The van der Waals surface area contributed by atoms with E-state index < -0.39 is 6.04 Å². The smallest absolute Gasteiger partial charge is 0.243 e. The van der Waals surface area contributed by atoms with Crippen LogP contribution >= 0.6 is 0 Å². The molecule has 1 saturated carbocycles. The second-order valence-electron chi connectivity index (χ2n) is 10.2. The highest BCUT2D eigenvalue weighted by molar-refractivity contribution is 5.88. The minimum absolute atomic E-state index is 0.00307. The molecule has 4 heteroatoms. The number of aryl methyl sites for hydroxylation is 2. The lowest BCUT2D eigenvalue weighted by molar-refractivity contribution is -0.141. The lowest BCUT2D eigenvalue weighted by atomic mass is 9.95. The van der Waals surface area contributed by atoms with Crippen LogP contribution in [0.3, 0.4) is 0 Å². The molecule has 1 aliphatic carbocycles. The van der Waals surface area contributed by atoms with Crippen LogP contribution in [-0.4, -0.2) is 28.8 Å². The van der Waals surface area contributed by atoms with E-state index in [-0.39, 0.29) is 17.9 Å². The van der Waals surface area contributed by atoms with Gasteiger partial charge in [-0.05, 0) is 55.2 Å². The van der Waals surface area contributed by atoms with Crippen LogP contribution in [-0.2, 0) is 22.6 Å². The normalized spacial score (nSPS) is 15.2. The predicted molar refractivity (Wildman–Crippen MR) is 140 cm³/mol. The number of nitrogens with one attached hydrogen (secondary N) is 1. The van der Waals surface area contributed by atoms with Crippen molar-refractivity contribution in [3.05, 3.63) is 70.8 Å². The maximum Gasteiger partial charge on any atom is 0.243 e. The van der Waals surface area contributed by atoms with Gasteiger partial charge in [0, 0.05) is 19.0 Å². The average Bonchev–Trinajstić information content (AvgIpc) is 2.83. The molecule has 1 N–H and O–H groups in total. The number of rotatable bonds is 10. The highest BCUT2D eigenvalue weighted by Crippen LogP contribution is 2.20. The van der Waals surface area contributed by atoms with Crippen molar-refractivity contribution < 1.29 is 9.59 Å². The molecule has 34 heavy (non-hydrogen) atoms. The molecule has 184 valence electrons. The summed E-state index contributed by atoms with van der Waals surface area (Å²) >= 11 is 0. The van der Waals surface area contributed by atoms with E-state index in [0.29, 0.717) is 31.7 Å². The summed E-state index contributed by atoms with van der Waals surface area (Å²) in [5.41, 5.74) is 4.70. The number of carbonyl (C=O) groups is 2. The topological polar surface area (TPSA) is 49.4 Å². The summed E-state index contributed by atoms with van der Waals surface area (Å²) in [6, 6.07) is 16.6. The predicted octanol–water partition coefficient (Wildman–Crippen LogP) is 6.31. The van der Waals surface area contributed by atoms with Gasteiger partial charge in [-0.3, -0.25) is 9.59 Å². The van der Waals surface area contributed by atoms with Gasteiger partial charge in [-0.25, -0.2) is 0 Å². The molecule has 2 amide bonds. The molecule has 2 aromatic rings. The number of carbonyl (C=O) groups excluding carboxylic acids is 2. The van der Waals surface area contributed by atoms with Gasteiger partial charge in [-0.15, -0.1) is 0 Å². The van der Waals surface area contributed by atoms with Gasteiger partial charge in [0.05, 0.1) is 0 Å². The molecule has 0 unspecified atom stereocenters. The summed E-state index contributed by atoms with van der Waals surface area (Å²) < 4.78 is 0. The Balaban J connectivity index is 1.73. The quantitative estimate of drug-likeness (QED) is 0.450. The zero-order valence-corrected chi connectivity index (χ0v) is 21.5. The Morgan fingerprint density at radius 1 is 1.00 bits per heavy atom. The zero-order valence-electron chi connectivity index (χ0n) is 21.5. The maximum atomic E-state index is 13.5. The Bertz CT molecular complexity index is 929. The van der Waals surface area contributed by atoms with Crippen LogP contribution in [0.1, 0.15) is 93.9 Å². The van der Waals surface area contributed by atoms with Crippen LogP contribution < -0.4 is 5.32 Å². The Morgan fingerprint density at radius 2 is 1.71 bits per heavy atom. The number of nitrogens with zero attached hydrogens (tertiary/aromatic N) is 1. The van der Waals surface area contributed by atoms with E-state index in [1.807, 2.05) is 24.0 Å². The van der Waals surface area contributed by atoms with Crippen LogP contribution in [0.2, 0.25) is 0 Å². The Hall–Kier alpha value is -2.62. The van der Waals surface area contributed by atoms with Crippen LogP contribution in [0.15, 0.2) is 48.5 Å². The molecule has 1 fully saturated rings. The van der Waals surface area contributed by atoms with Gasteiger partial charge in [-0.1, -0.05) is 94.1 Å². The van der Waals surface area contributed by atoms with E-state index in [4.69, 9.17) is 0 Å². The van der Waals surface area contributed by atoms with Crippen molar-refractivity contribution >= 4 is 11.8 Å². The fraction of sp³-hybridized carbons (Fsp3) is 0.533. The van der Waals surface area contributed by atoms with E-state index in [2.05, 4.69) is 62.5 Å². The van der Waals surface area contributed by atoms with Gasteiger partial charge < -0.3 is 10.2 Å². The summed E-state index contributed by atoms with van der Waals surface area (Å²) in [7, 11) is 0. The fourth-order valence-electron chi connectivity index (χ4n) is 4.94. The molecule has 0 bridgehead atoms. The molecule has 2 aromatic carbocycles. The molecule has 0 aliphatic heterocycles. The summed E-state index contributed by atoms with van der Waals surface area (Å²) in [5.74, 6) is 0.533. The van der Waals surface area contributed by atoms with Crippen LogP contribution in [0.25, 0.3) is 0 Å². The van der Waals surface area contributed by atoms with Gasteiger partial charge >= 0.3 is 0 Å². The molecule has 4 nitrogen and oxygen atoms in total. The Morgan fingerprint density at radius 3 is 2.32 bits per heavy atom. The van der Waals surface area contributed by atoms with Crippen molar-refractivity contribution in [2.24, 2.45) is 0 Å². The molecule has 0 radical (unpaired) electrons. The zero-order chi connectivity index (χ0) is 24.5. The maximum absolute atomic E-state index is 13.5. The van der Waals surface area contributed by atoms with Crippen molar-refractivity contribution in [3.63, 3.8) is 0 Å². The van der Waals surface area contributed by atoms with Gasteiger partial charge in [0.2, 0.25) is 11.8 Å². The fourth-order valence-corrected chi connectivity index (χ4v) is 4.94. The molecular formula is C30H42N2O2. The van der Waals surface area contributed by atoms with Crippen molar-refractivity contribution in [1.29, 1.82) is 0 Å². The molecule has 0 spiro atoms. The molecule has 0 aromatic heterocycles. The van der Waals surface area contributed by atoms with E-state index in [0.717, 1.165) is 29.5 Å². The lowest BCUT2D eigenvalue weighted by Gasteiger charge is -2.33. The van der Waals surface area contributed by atoms with Gasteiger partial charge in [0.15, 0.2) is 0 Å². The van der Waals surface area contributed by atoms with Crippen molar-refractivity contribution in [2.45, 2.75) is 104 Å². The van der Waals surface area contributed by atoms with Crippen molar-refractivity contribution in [1.82, 2.24) is 10.2 Å². The number of hydrogen-bond acceptors (Lipinski definition) is 2. The van der Waals surface area contributed by atoms with E-state index in [1.54, 1.807) is 0 Å². The van der Waals surface area contributed by atoms with E-state index >= 15 is 0 Å². The SMILES string of the molecule is CC[C@H](C(=O)NC1CCCCC1)N(Cc1cccc(C)c1)C(=O)CCc1ccc(C(C)C)cc1. The second kappa shape index (κ2) is 12.7. The van der Waals surface area contributed by atoms with Gasteiger partial charge in [0.1, 0.15) is 6.04 Å². The minimum atomic E-state index is -0.446. The Labute approximate surface area is 206 Å². The summed E-state index contributed by atoms with van der Waals surface area (Å²) in [5, 5.41) is 3.26. The van der Waals surface area contributed by atoms with Crippen molar-refractivity contribution in [3.8, 4) is 0 Å². The molecule has 0 heterocycles. The molecule has 1 atom stereocenters. The molecular weight excluding hydrogens is 420 g/mol. The Kier molecular flexibility index (Phi) is 9.74. The molecule has 1 aliphatic rings. The average molecular weight is 463 g/mol. The molecule has 3 rings (SSSR count).